The van der Waals surface area contributed by atoms with Crippen LogP contribution in [-0.4, -0.2) is 12.8 Å². The number of alkyl halides is 3. The molecule has 0 saturated carbocycles. The van der Waals surface area contributed by atoms with Gasteiger partial charge in [-0.15, -0.1) is 0 Å². The SMILES string of the molecule is CCCCCCCCOc1ccc(-c2ccc(C(F)(F)CC(F)CCCCCC)cc2)cc1. The average molecular weight is 463 g/mol. The highest BCUT2D eigenvalue weighted by Crippen LogP contribution is 2.36. The average Bonchev–Trinajstić information content (AvgIpc) is 2.81. The molecule has 0 aliphatic carbocycles. The van der Waals surface area contributed by atoms with Crippen LogP contribution in [0.1, 0.15) is 96.5 Å². The number of unbranched alkanes of at least 4 members (excludes halogenated alkanes) is 8. The number of halogens is 3. The Morgan fingerprint density at radius 2 is 1.21 bits per heavy atom. The first-order valence-corrected chi connectivity index (χ1v) is 12.8. The number of benzene rings is 2. The van der Waals surface area contributed by atoms with E-state index < -0.39 is 18.5 Å². The van der Waals surface area contributed by atoms with Crippen molar-refractivity contribution in [2.75, 3.05) is 6.61 Å². The maximum Gasteiger partial charge on any atom is 0.276 e. The lowest BCUT2D eigenvalue weighted by molar-refractivity contribution is -0.0354. The highest BCUT2D eigenvalue weighted by Gasteiger charge is 2.34. The van der Waals surface area contributed by atoms with E-state index in [9.17, 15) is 13.2 Å². The van der Waals surface area contributed by atoms with Gasteiger partial charge in [0.05, 0.1) is 6.61 Å². The lowest BCUT2D eigenvalue weighted by Crippen LogP contribution is -2.19. The van der Waals surface area contributed by atoms with Crippen molar-refractivity contribution in [3.8, 4) is 16.9 Å². The van der Waals surface area contributed by atoms with Gasteiger partial charge in [0, 0.05) is 12.0 Å². The number of hydrogen-bond acceptors (Lipinski definition) is 1. The van der Waals surface area contributed by atoms with Crippen LogP contribution < -0.4 is 4.74 Å². The Balaban J connectivity index is 1.82. The van der Waals surface area contributed by atoms with Crippen LogP contribution in [0.4, 0.5) is 13.2 Å². The lowest BCUT2D eigenvalue weighted by atomic mass is 9.97. The van der Waals surface area contributed by atoms with Gasteiger partial charge in [-0.25, -0.2) is 13.2 Å². The number of ether oxygens (including phenoxy) is 1. The van der Waals surface area contributed by atoms with Crippen molar-refractivity contribution in [2.45, 2.75) is 103 Å². The highest BCUT2D eigenvalue weighted by molar-refractivity contribution is 5.64. The molecule has 0 aliphatic heterocycles. The van der Waals surface area contributed by atoms with Gasteiger partial charge in [0.25, 0.3) is 5.92 Å². The van der Waals surface area contributed by atoms with Crippen LogP contribution >= 0.6 is 0 Å². The summed E-state index contributed by atoms with van der Waals surface area (Å²) in [4.78, 5) is 0. The quantitative estimate of drug-likeness (QED) is 0.213. The summed E-state index contributed by atoms with van der Waals surface area (Å²) < 4.78 is 49.0. The summed E-state index contributed by atoms with van der Waals surface area (Å²) in [6, 6.07) is 13.9. The Morgan fingerprint density at radius 3 is 1.82 bits per heavy atom. The topological polar surface area (TPSA) is 9.23 Å². The lowest BCUT2D eigenvalue weighted by Gasteiger charge is -2.19. The molecule has 2 aromatic rings. The van der Waals surface area contributed by atoms with Crippen LogP contribution in [0, 0.1) is 0 Å². The van der Waals surface area contributed by atoms with Gasteiger partial charge < -0.3 is 4.74 Å². The van der Waals surface area contributed by atoms with E-state index in [4.69, 9.17) is 4.74 Å². The maximum atomic E-state index is 14.5. The number of hydrogen-bond donors (Lipinski definition) is 0. The highest BCUT2D eigenvalue weighted by atomic mass is 19.3. The summed E-state index contributed by atoms with van der Waals surface area (Å²) in [6.45, 7) is 5.00. The molecule has 0 radical (unpaired) electrons. The zero-order valence-corrected chi connectivity index (χ0v) is 20.4. The van der Waals surface area contributed by atoms with Crippen LogP contribution in [0.2, 0.25) is 0 Å². The molecule has 4 heteroatoms. The zero-order chi connectivity index (χ0) is 23.9. The summed E-state index contributed by atoms with van der Waals surface area (Å²) in [5.41, 5.74) is 1.67. The van der Waals surface area contributed by atoms with E-state index >= 15 is 0 Å². The molecule has 1 unspecified atom stereocenters. The summed E-state index contributed by atoms with van der Waals surface area (Å²) in [6.07, 6.45) is 9.00. The number of rotatable bonds is 17. The van der Waals surface area contributed by atoms with Gasteiger partial charge in [-0.1, -0.05) is 108 Å². The largest absolute Gasteiger partial charge is 0.494 e. The zero-order valence-electron chi connectivity index (χ0n) is 20.4. The van der Waals surface area contributed by atoms with Crippen LogP contribution in [0.3, 0.4) is 0 Å². The molecule has 0 spiro atoms. The molecule has 1 atom stereocenters. The second-order valence-corrected chi connectivity index (χ2v) is 9.07. The first-order chi connectivity index (χ1) is 16.0. The molecule has 33 heavy (non-hydrogen) atoms. The molecule has 184 valence electrons. The molecule has 0 amide bonds. The van der Waals surface area contributed by atoms with E-state index in [1.54, 1.807) is 12.1 Å². The maximum absolute atomic E-state index is 14.5. The van der Waals surface area contributed by atoms with Crippen molar-refractivity contribution < 1.29 is 17.9 Å². The van der Waals surface area contributed by atoms with Gasteiger partial charge in [0.15, 0.2) is 0 Å². The van der Waals surface area contributed by atoms with Crippen LogP contribution in [0.5, 0.6) is 5.75 Å². The van der Waals surface area contributed by atoms with E-state index in [2.05, 4.69) is 13.8 Å². The van der Waals surface area contributed by atoms with Gasteiger partial charge in [-0.05, 0) is 36.1 Å². The van der Waals surface area contributed by atoms with Gasteiger partial charge in [-0.3, -0.25) is 0 Å². The molecule has 0 saturated heterocycles. The smallest absolute Gasteiger partial charge is 0.276 e. The Morgan fingerprint density at radius 1 is 0.697 bits per heavy atom. The summed E-state index contributed by atoms with van der Waals surface area (Å²) in [5.74, 6) is -2.33. The molecular formula is C29H41F3O. The predicted octanol–water partition coefficient (Wildman–Crippen LogP) is 9.88. The van der Waals surface area contributed by atoms with Gasteiger partial charge in [0.1, 0.15) is 11.9 Å². The summed E-state index contributed by atoms with van der Waals surface area (Å²) >= 11 is 0. The third-order valence-electron chi connectivity index (χ3n) is 6.11. The van der Waals surface area contributed by atoms with E-state index in [1.165, 1.54) is 44.2 Å². The molecule has 0 N–H and O–H groups in total. The second kappa shape index (κ2) is 15.0. The summed E-state index contributed by atoms with van der Waals surface area (Å²) in [7, 11) is 0. The minimum absolute atomic E-state index is 0.124. The minimum Gasteiger partial charge on any atom is -0.494 e. The molecule has 0 bridgehead atoms. The molecule has 2 aromatic carbocycles. The Kier molecular flexibility index (Phi) is 12.4. The minimum atomic E-state index is -3.16. The van der Waals surface area contributed by atoms with Crippen LogP contribution in [-0.2, 0) is 5.92 Å². The van der Waals surface area contributed by atoms with E-state index in [0.29, 0.717) is 13.0 Å². The molecule has 0 aromatic heterocycles. The fraction of sp³-hybridized carbons (Fsp3) is 0.586. The Labute approximate surface area is 198 Å². The van der Waals surface area contributed by atoms with Crippen molar-refractivity contribution in [3.05, 3.63) is 54.1 Å². The van der Waals surface area contributed by atoms with Crippen molar-refractivity contribution in [1.82, 2.24) is 0 Å². The van der Waals surface area contributed by atoms with Crippen molar-refractivity contribution in [1.29, 1.82) is 0 Å². The van der Waals surface area contributed by atoms with Gasteiger partial charge in [0.2, 0.25) is 0 Å². The van der Waals surface area contributed by atoms with Crippen molar-refractivity contribution in [3.63, 3.8) is 0 Å². The molecular weight excluding hydrogens is 421 g/mol. The van der Waals surface area contributed by atoms with Gasteiger partial charge in [-0.2, -0.15) is 0 Å². The third kappa shape index (κ3) is 10.2. The third-order valence-corrected chi connectivity index (χ3v) is 6.11. The van der Waals surface area contributed by atoms with Gasteiger partial charge >= 0.3 is 0 Å². The molecule has 0 aliphatic rings. The van der Waals surface area contributed by atoms with E-state index in [1.807, 2.05) is 24.3 Å². The summed E-state index contributed by atoms with van der Waals surface area (Å²) in [5, 5.41) is 0. The van der Waals surface area contributed by atoms with Crippen molar-refractivity contribution >= 4 is 0 Å². The molecule has 1 nitrogen and oxygen atoms in total. The van der Waals surface area contributed by atoms with Crippen molar-refractivity contribution in [2.24, 2.45) is 0 Å². The van der Waals surface area contributed by atoms with E-state index in [-0.39, 0.29) is 12.0 Å². The molecule has 0 heterocycles. The van der Waals surface area contributed by atoms with Crippen LogP contribution in [0.15, 0.2) is 48.5 Å². The van der Waals surface area contributed by atoms with E-state index in [0.717, 1.165) is 42.6 Å². The monoisotopic (exact) mass is 462 g/mol. The molecule has 2 rings (SSSR count). The second-order valence-electron chi connectivity index (χ2n) is 9.07. The Bertz CT molecular complexity index is 755. The molecule has 0 fully saturated rings. The fourth-order valence-corrected chi connectivity index (χ4v) is 4.01. The predicted molar refractivity (Wildman–Crippen MR) is 133 cm³/mol. The standard InChI is InChI=1S/C29H41F3O/c1-3-5-7-9-10-12-22-33-28-20-16-25(17-21-28)24-14-18-26(19-15-24)29(31,32)23-27(30)13-11-8-6-4-2/h14-21,27H,3-13,22-23H2,1-2H3. The fourth-order valence-electron chi connectivity index (χ4n) is 4.01. The first-order valence-electron chi connectivity index (χ1n) is 12.8. The first kappa shape index (κ1) is 27.3. The van der Waals surface area contributed by atoms with Crippen LogP contribution in [0.25, 0.3) is 11.1 Å². The Hall–Kier alpha value is -1.97. The normalized spacial score (nSPS) is 12.6.